The van der Waals surface area contributed by atoms with Crippen molar-refractivity contribution in [2.75, 3.05) is 0 Å². The molecule has 0 aromatic carbocycles. The van der Waals surface area contributed by atoms with E-state index in [4.69, 9.17) is 15.6 Å². The number of ether oxygens (including phenoxy) is 1. The topological polar surface area (TPSA) is 92.9 Å². The Morgan fingerprint density at radius 1 is 1.71 bits per heavy atom. The van der Waals surface area contributed by atoms with Gasteiger partial charge in [-0.3, -0.25) is 9.59 Å². The molecular weight excluding hydrogens is 186 g/mol. The second kappa shape index (κ2) is 3.33. The minimum Gasteiger partial charge on any atom is -0.480 e. The molecule has 1 aliphatic carbocycles. The summed E-state index contributed by atoms with van der Waals surface area (Å²) in [5, 5.41) is 8.63. The van der Waals surface area contributed by atoms with Gasteiger partial charge in [-0.25, -0.2) is 0 Å². The number of rotatable bonds is 3. The van der Waals surface area contributed by atoms with E-state index in [0.717, 1.165) is 0 Å². The van der Waals surface area contributed by atoms with Gasteiger partial charge < -0.3 is 15.6 Å². The van der Waals surface area contributed by atoms with E-state index in [-0.39, 0.29) is 23.9 Å². The molecule has 5 nitrogen and oxygen atoms in total. The Balaban J connectivity index is 1.88. The lowest BCUT2D eigenvalue weighted by Crippen LogP contribution is -2.35. The van der Waals surface area contributed by atoms with Crippen LogP contribution in [-0.4, -0.2) is 35.1 Å². The number of Topliss-reactive ketones (excluding diaryl/α,β-unsaturated/α-hetero) is 1. The van der Waals surface area contributed by atoms with Gasteiger partial charge >= 0.3 is 5.97 Å². The van der Waals surface area contributed by atoms with Crippen LogP contribution in [-0.2, 0) is 14.3 Å². The van der Waals surface area contributed by atoms with Crippen molar-refractivity contribution in [3.05, 3.63) is 0 Å². The number of fused-ring (bicyclic) bond motifs is 1. The summed E-state index contributed by atoms with van der Waals surface area (Å²) < 4.78 is 5.19. The SMILES string of the molecule is N[C@H](C[C@H]1CCC(=O)[C@@H]2O[C@H]12)C(=O)O. The minimum atomic E-state index is -0.987. The Bertz CT molecular complexity index is 278. The maximum absolute atomic E-state index is 11.1. The van der Waals surface area contributed by atoms with E-state index < -0.39 is 12.0 Å². The molecule has 0 radical (unpaired) electrons. The van der Waals surface area contributed by atoms with E-state index >= 15 is 0 Å². The monoisotopic (exact) mass is 199 g/mol. The quantitative estimate of drug-likeness (QED) is 0.599. The largest absolute Gasteiger partial charge is 0.480 e. The molecule has 0 aromatic rings. The Kier molecular flexibility index (Phi) is 2.28. The summed E-state index contributed by atoms with van der Waals surface area (Å²) in [5.41, 5.74) is 5.42. The molecule has 5 heteroatoms. The fraction of sp³-hybridized carbons (Fsp3) is 0.778. The van der Waals surface area contributed by atoms with Gasteiger partial charge in [0.05, 0.1) is 6.10 Å². The highest BCUT2D eigenvalue weighted by atomic mass is 16.6. The zero-order valence-electron chi connectivity index (χ0n) is 7.68. The van der Waals surface area contributed by atoms with Gasteiger partial charge in [-0.15, -0.1) is 0 Å². The summed E-state index contributed by atoms with van der Waals surface area (Å²) in [6, 6.07) is -0.835. The minimum absolute atomic E-state index is 0.0540. The lowest BCUT2D eigenvalue weighted by Gasteiger charge is -2.19. The maximum atomic E-state index is 11.1. The first-order valence-electron chi connectivity index (χ1n) is 4.76. The molecule has 1 saturated heterocycles. The van der Waals surface area contributed by atoms with Crippen molar-refractivity contribution in [3.8, 4) is 0 Å². The lowest BCUT2D eigenvalue weighted by molar-refractivity contribution is -0.139. The van der Waals surface area contributed by atoms with Gasteiger partial charge in [0, 0.05) is 6.42 Å². The lowest BCUT2D eigenvalue weighted by atomic mass is 9.84. The van der Waals surface area contributed by atoms with Crippen LogP contribution in [0.5, 0.6) is 0 Å². The molecule has 2 rings (SSSR count). The van der Waals surface area contributed by atoms with Gasteiger partial charge in [0.15, 0.2) is 5.78 Å². The van der Waals surface area contributed by atoms with Gasteiger partial charge in [-0.1, -0.05) is 0 Å². The zero-order valence-corrected chi connectivity index (χ0v) is 7.68. The van der Waals surface area contributed by atoms with Gasteiger partial charge in [0.1, 0.15) is 12.1 Å². The normalized spacial score (nSPS) is 37.5. The van der Waals surface area contributed by atoms with Crippen LogP contribution in [0.4, 0.5) is 0 Å². The number of carboxylic acids is 1. The van der Waals surface area contributed by atoms with Gasteiger partial charge in [0.25, 0.3) is 0 Å². The number of nitrogens with two attached hydrogens (primary N) is 1. The van der Waals surface area contributed by atoms with Crippen LogP contribution < -0.4 is 5.73 Å². The van der Waals surface area contributed by atoms with Crippen molar-refractivity contribution in [2.45, 2.75) is 37.5 Å². The predicted octanol–water partition coefficient (Wildman–Crippen LogP) is -0.465. The first-order chi connectivity index (χ1) is 6.59. The molecule has 0 amide bonds. The number of epoxide rings is 1. The second-order valence-corrected chi connectivity index (χ2v) is 3.97. The van der Waals surface area contributed by atoms with Crippen molar-refractivity contribution < 1.29 is 19.4 Å². The number of hydrogen-bond donors (Lipinski definition) is 2. The Labute approximate surface area is 81.2 Å². The Hall–Kier alpha value is -0.940. The van der Waals surface area contributed by atoms with Crippen LogP contribution in [0.1, 0.15) is 19.3 Å². The summed E-state index contributed by atoms with van der Waals surface area (Å²) in [5.74, 6) is -0.696. The molecule has 2 aliphatic rings. The van der Waals surface area contributed by atoms with Crippen LogP contribution in [0.15, 0.2) is 0 Å². The summed E-state index contributed by atoms with van der Waals surface area (Å²) in [6.07, 6.45) is 1.31. The highest BCUT2D eigenvalue weighted by molar-refractivity contribution is 5.87. The summed E-state index contributed by atoms with van der Waals surface area (Å²) in [7, 11) is 0. The fourth-order valence-corrected chi connectivity index (χ4v) is 2.05. The van der Waals surface area contributed by atoms with Crippen LogP contribution in [0.2, 0.25) is 0 Å². The molecule has 0 aromatic heterocycles. The number of carbonyl (C=O) groups is 2. The summed E-state index contributed by atoms with van der Waals surface area (Å²) in [6.45, 7) is 0. The zero-order chi connectivity index (χ0) is 10.3. The molecule has 3 N–H and O–H groups in total. The van der Waals surface area contributed by atoms with Crippen LogP contribution in [0.25, 0.3) is 0 Å². The predicted molar refractivity (Wildman–Crippen MR) is 46.6 cm³/mol. The van der Waals surface area contributed by atoms with Crippen LogP contribution >= 0.6 is 0 Å². The van der Waals surface area contributed by atoms with Gasteiger partial charge in [-0.2, -0.15) is 0 Å². The molecule has 1 aliphatic heterocycles. The van der Waals surface area contributed by atoms with Crippen molar-refractivity contribution in [1.29, 1.82) is 0 Å². The van der Waals surface area contributed by atoms with Crippen molar-refractivity contribution in [1.82, 2.24) is 0 Å². The maximum Gasteiger partial charge on any atom is 0.320 e. The third-order valence-corrected chi connectivity index (χ3v) is 2.94. The number of aliphatic carboxylic acids is 1. The van der Waals surface area contributed by atoms with E-state index in [1.165, 1.54) is 0 Å². The molecule has 4 atom stereocenters. The number of carbonyl (C=O) groups excluding carboxylic acids is 1. The Morgan fingerprint density at radius 3 is 3.07 bits per heavy atom. The molecule has 78 valence electrons. The van der Waals surface area contributed by atoms with E-state index in [9.17, 15) is 9.59 Å². The smallest absolute Gasteiger partial charge is 0.320 e. The van der Waals surface area contributed by atoms with E-state index in [2.05, 4.69) is 0 Å². The third kappa shape index (κ3) is 1.65. The number of carboxylic acid groups (broad SMARTS) is 1. The molecule has 0 bridgehead atoms. The molecule has 2 fully saturated rings. The first kappa shape index (κ1) is 9.61. The van der Waals surface area contributed by atoms with Crippen molar-refractivity contribution in [2.24, 2.45) is 11.7 Å². The average Bonchev–Trinajstić information content (AvgIpc) is 2.89. The second-order valence-electron chi connectivity index (χ2n) is 3.97. The molecule has 1 saturated carbocycles. The van der Waals surface area contributed by atoms with Crippen molar-refractivity contribution >= 4 is 11.8 Å². The average molecular weight is 199 g/mol. The van der Waals surface area contributed by atoms with Crippen LogP contribution in [0.3, 0.4) is 0 Å². The van der Waals surface area contributed by atoms with Gasteiger partial charge in [-0.05, 0) is 18.8 Å². The standard InChI is InChI=1S/C9H13NO4/c10-5(9(12)13)3-4-1-2-6(11)8-7(4)14-8/h4-5,7-8H,1-3,10H2,(H,12,13)/t4-,5-,7-,8+/m1/s1. The molecule has 14 heavy (non-hydrogen) atoms. The fourth-order valence-electron chi connectivity index (χ4n) is 2.05. The first-order valence-corrected chi connectivity index (χ1v) is 4.76. The van der Waals surface area contributed by atoms with Gasteiger partial charge in [0.2, 0.25) is 0 Å². The highest BCUT2D eigenvalue weighted by Crippen LogP contribution is 2.40. The molecule has 0 unspecified atom stereocenters. The number of ketones is 1. The molecule has 0 spiro atoms. The van der Waals surface area contributed by atoms with E-state index in [1.54, 1.807) is 0 Å². The highest BCUT2D eigenvalue weighted by Gasteiger charge is 2.52. The summed E-state index contributed by atoms with van der Waals surface area (Å²) in [4.78, 5) is 21.7. The summed E-state index contributed by atoms with van der Waals surface area (Å²) >= 11 is 0. The van der Waals surface area contributed by atoms with E-state index in [1.807, 2.05) is 0 Å². The Morgan fingerprint density at radius 2 is 2.43 bits per heavy atom. The molecular formula is C9H13NO4. The van der Waals surface area contributed by atoms with Crippen LogP contribution in [0, 0.1) is 5.92 Å². The molecule has 1 heterocycles. The van der Waals surface area contributed by atoms with Crippen molar-refractivity contribution in [3.63, 3.8) is 0 Å². The number of hydrogen-bond acceptors (Lipinski definition) is 4. The van der Waals surface area contributed by atoms with E-state index in [0.29, 0.717) is 19.3 Å². The third-order valence-electron chi connectivity index (χ3n) is 2.94.